The highest BCUT2D eigenvalue weighted by Gasteiger charge is 2.58. The quantitative estimate of drug-likeness (QED) is 0.602. The fourth-order valence-electron chi connectivity index (χ4n) is 5.10. The molecule has 3 saturated heterocycles. The molecule has 2 bridgehead atoms. The van der Waals surface area contributed by atoms with E-state index in [1.807, 2.05) is 7.05 Å². The van der Waals surface area contributed by atoms with Crippen LogP contribution in [0.25, 0.3) is 0 Å². The first-order valence-corrected chi connectivity index (χ1v) is 8.86. The van der Waals surface area contributed by atoms with Crippen molar-refractivity contribution in [1.82, 2.24) is 10.6 Å². The zero-order chi connectivity index (χ0) is 15.3. The fraction of sp³-hybridized carbons (Fsp3) is 0.941. The lowest BCUT2D eigenvalue weighted by Crippen LogP contribution is -2.71. The Balaban J connectivity index is 1.39. The summed E-state index contributed by atoms with van der Waals surface area (Å²) in [7, 11) is 1.86. The SMILES string of the molecule is CN=C(NC1CC2CCC1O2)NC1C2CCCOC2C1(C)C. The smallest absolute Gasteiger partial charge is 0.191 e. The van der Waals surface area contributed by atoms with Crippen molar-refractivity contribution < 1.29 is 9.47 Å². The van der Waals surface area contributed by atoms with Gasteiger partial charge in [-0.05, 0) is 32.1 Å². The van der Waals surface area contributed by atoms with Gasteiger partial charge in [0, 0.05) is 31.0 Å². The third kappa shape index (κ3) is 2.24. The zero-order valence-electron chi connectivity index (χ0n) is 14.0. The largest absolute Gasteiger partial charge is 0.377 e. The van der Waals surface area contributed by atoms with Gasteiger partial charge in [0.1, 0.15) is 0 Å². The van der Waals surface area contributed by atoms with Gasteiger partial charge in [-0.25, -0.2) is 0 Å². The number of hydrogen-bond donors (Lipinski definition) is 2. The van der Waals surface area contributed by atoms with Crippen molar-refractivity contribution in [2.45, 2.75) is 76.3 Å². The fourth-order valence-corrected chi connectivity index (χ4v) is 5.10. The molecule has 1 saturated carbocycles. The minimum Gasteiger partial charge on any atom is -0.377 e. The molecule has 4 aliphatic rings. The van der Waals surface area contributed by atoms with Gasteiger partial charge in [0.2, 0.25) is 0 Å². The summed E-state index contributed by atoms with van der Waals surface area (Å²) in [5.74, 6) is 1.56. The average molecular weight is 307 g/mol. The van der Waals surface area contributed by atoms with Crippen LogP contribution in [0.15, 0.2) is 4.99 Å². The van der Waals surface area contributed by atoms with Gasteiger partial charge in [-0.1, -0.05) is 13.8 Å². The molecule has 3 heterocycles. The van der Waals surface area contributed by atoms with Crippen molar-refractivity contribution in [3.63, 3.8) is 0 Å². The van der Waals surface area contributed by atoms with E-state index in [4.69, 9.17) is 9.47 Å². The Morgan fingerprint density at radius 1 is 1.18 bits per heavy atom. The highest BCUT2D eigenvalue weighted by molar-refractivity contribution is 5.80. The van der Waals surface area contributed by atoms with E-state index in [1.165, 1.54) is 25.7 Å². The molecule has 4 rings (SSSR count). The summed E-state index contributed by atoms with van der Waals surface area (Å²) in [4.78, 5) is 4.46. The van der Waals surface area contributed by atoms with Crippen LogP contribution < -0.4 is 10.6 Å². The molecule has 124 valence electrons. The number of hydrogen-bond acceptors (Lipinski definition) is 3. The van der Waals surface area contributed by atoms with E-state index < -0.39 is 0 Å². The first-order valence-electron chi connectivity index (χ1n) is 8.86. The Labute approximate surface area is 133 Å². The molecule has 0 amide bonds. The summed E-state index contributed by atoms with van der Waals surface area (Å²) in [5.41, 5.74) is 0.174. The standard InChI is InChI=1S/C17H29N3O2/c1-17(2)14(11-5-4-8-21-15(11)17)20-16(18-3)19-12-9-10-6-7-13(12)22-10/h10-15H,4-9H2,1-3H3,(H2,18,19,20). The summed E-state index contributed by atoms with van der Waals surface area (Å²) < 4.78 is 11.9. The van der Waals surface area contributed by atoms with Crippen LogP contribution in [0.3, 0.4) is 0 Å². The lowest BCUT2D eigenvalue weighted by Gasteiger charge is -2.60. The molecular formula is C17H29N3O2. The van der Waals surface area contributed by atoms with Crippen LogP contribution >= 0.6 is 0 Å². The Bertz CT molecular complexity index is 465. The van der Waals surface area contributed by atoms with Crippen LogP contribution in [0.1, 0.15) is 46.0 Å². The summed E-state index contributed by atoms with van der Waals surface area (Å²) in [5, 5.41) is 7.28. The summed E-state index contributed by atoms with van der Waals surface area (Å²) in [6.07, 6.45) is 7.23. The van der Waals surface area contributed by atoms with Crippen LogP contribution in [-0.4, -0.2) is 50.0 Å². The molecule has 0 aromatic carbocycles. The summed E-state index contributed by atoms with van der Waals surface area (Å²) in [6.45, 7) is 5.54. The van der Waals surface area contributed by atoms with E-state index in [0.29, 0.717) is 36.3 Å². The van der Waals surface area contributed by atoms with Crippen LogP contribution in [0.5, 0.6) is 0 Å². The molecule has 0 spiro atoms. The van der Waals surface area contributed by atoms with Gasteiger partial charge < -0.3 is 20.1 Å². The van der Waals surface area contributed by atoms with Crippen LogP contribution in [0.4, 0.5) is 0 Å². The monoisotopic (exact) mass is 307 g/mol. The van der Waals surface area contributed by atoms with Gasteiger partial charge in [-0.2, -0.15) is 0 Å². The summed E-state index contributed by atoms with van der Waals surface area (Å²) in [6, 6.07) is 0.870. The van der Waals surface area contributed by atoms with Crippen LogP contribution in [0, 0.1) is 11.3 Å². The molecule has 0 aromatic heterocycles. The topological polar surface area (TPSA) is 54.9 Å². The van der Waals surface area contributed by atoms with Crippen molar-refractivity contribution in [2.75, 3.05) is 13.7 Å². The van der Waals surface area contributed by atoms with Crippen LogP contribution in [-0.2, 0) is 9.47 Å². The molecule has 5 heteroatoms. The average Bonchev–Trinajstić information content (AvgIpc) is 3.14. The highest BCUT2D eigenvalue weighted by Crippen LogP contribution is 2.51. The Morgan fingerprint density at radius 2 is 2.05 bits per heavy atom. The highest BCUT2D eigenvalue weighted by atomic mass is 16.5. The number of ether oxygens (including phenoxy) is 2. The van der Waals surface area contributed by atoms with Crippen molar-refractivity contribution in [2.24, 2.45) is 16.3 Å². The predicted octanol–water partition coefficient (Wildman–Crippen LogP) is 1.67. The number of aliphatic imine (C=N–C) groups is 1. The minimum atomic E-state index is 0.174. The molecule has 5 nitrogen and oxygen atoms in total. The number of fused-ring (bicyclic) bond motifs is 3. The maximum Gasteiger partial charge on any atom is 0.191 e. The van der Waals surface area contributed by atoms with Crippen molar-refractivity contribution in [3.8, 4) is 0 Å². The van der Waals surface area contributed by atoms with E-state index in [-0.39, 0.29) is 5.41 Å². The first kappa shape index (κ1) is 14.8. The molecular weight excluding hydrogens is 278 g/mol. The van der Waals surface area contributed by atoms with E-state index in [9.17, 15) is 0 Å². The Kier molecular flexibility index (Phi) is 3.61. The first-order chi connectivity index (χ1) is 10.6. The molecule has 3 aliphatic heterocycles. The van der Waals surface area contributed by atoms with Crippen molar-refractivity contribution in [1.29, 1.82) is 0 Å². The Morgan fingerprint density at radius 3 is 2.73 bits per heavy atom. The second kappa shape index (κ2) is 5.38. The van der Waals surface area contributed by atoms with Crippen molar-refractivity contribution in [3.05, 3.63) is 0 Å². The normalized spacial score (nSPS) is 46.0. The molecule has 2 N–H and O–H groups in total. The molecule has 4 fully saturated rings. The van der Waals surface area contributed by atoms with E-state index in [2.05, 4.69) is 29.5 Å². The lowest BCUT2D eigenvalue weighted by atomic mass is 9.55. The van der Waals surface area contributed by atoms with Crippen molar-refractivity contribution >= 4 is 5.96 Å². The van der Waals surface area contributed by atoms with E-state index in [1.54, 1.807) is 0 Å². The Hall–Kier alpha value is -0.810. The van der Waals surface area contributed by atoms with Gasteiger partial charge in [-0.15, -0.1) is 0 Å². The predicted molar refractivity (Wildman–Crippen MR) is 86.0 cm³/mol. The zero-order valence-corrected chi connectivity index (χ0v) is 14.0. The van der Waals surface area contributed by atoms with Gasteiger partial charge in [0.05, 0.1) is 24.4 Å². The molecule has 0 aromatic rings. The minimum absolute atomic E-state index is 0.174. The van der Waals surface area contributed by atoms with Gasteiger partial charge in [0.25, 0.3) is 0 Å². The maximum absolute atomic E-state index is 5.99. The molecule has 22 heavy (non-hydrogen) atoms. The number of nitrogens with zero attached hydrogens (tertiary/aromatic N) is 1. The van der Waals surface area contributed by atoms with Gasteiger partial charge >= 0.3 is 0 Å². The lowest BCUT2D eigenvalue weighted by molar-refractivity contribution is -0.188. The second-order valence-electron chi connectivity index (χ2n) is 7.97. The molecule has 0 radical (unpaired) electrons. The number of nitrogens with one attached hydrogen (secondary N) is 2. The van der Waals surface area contributed by atoms with E-state index >= 15 is 0 Å². The van der Waals surface area contributed by atoms with Gasteiger partial charge in [-0.3, -0.25) is 4.99 Å². The van der Waals surface area contributed by atoms with E-state index in [0.717, 1.165) is 19.0 Å². The maximum atomic E-state index is 5.99. The third-order valence-electron chi connectivity index (χ3n) is 6.28. The van der Waals surface area contributed by atoms with Gasteiger partial charge in [0.15, 0.2) is 5.96 Å². The molecule has 6 atom stereocenters. The van der Waals surface area contributed by atoms with Crippen LogP contribution in [0.2, 0.25) is 0 Å². The second-order valence-corrected chi connectivity index (χ2v) is 7.97. The molecule has 6 unspecified atom stereocenters. The number of guanidine groups is 1. The molecule has 1 aliphatic carbocycles. The number of rotatable bonds is 2. The summed E-state index contributed by atoms with van der Waals surface area (Å²) >= 11 is 0. The third-order valence-corrected chi connectivity index (χ3v) is 6.28.